The molecule has 0 spiro atoms. The third-order valence-corrected chi connectivity index (χ3v) is 2.37. The van der Waals surface area contributed by atoms with E-state index < -0.39 is 11.6 Å². The Morgan fingerprint density at radius 2 is 2.00 bits per heavy atom. The molecule has 0 fully saturated rings. The van der Waals surface area contributed by atoms with E-state index in [2.05, 4.69) is 0 Å². The normalized spacial score (nSPS) is 10.1. The van der Waals surface area contributed by atoms with E-state index in [1.165, 1.54) is 13.0 Å². The molecule has 0 heterocycles. The van der Waals surface area contributed by atoms with Crippen molar-refractivity contribution in [3.63, 3.8) is 0 Å². The van der Waals surface area contributed by atoms with Gasteiger partial charge in [0.2, 0.25) is 0 Å². The van der Waals surface area contributed by atoms with Gasteiger partial charge in [-0.15, -0.1) is 0 Å². The van der Waals surface area contributed by atoms with Crippen molar-refractivity contribution in [3.8, 4) is 0 Å². The average Bonchev–Trinajstić information content (AvgIpc) is 2.09. The second-order valence-corrected chi connectivity index (χ2v) is 3.79. The zero-order valence-corrected chi connectivity index (χ0v) is 9.19. The zero-order chi connectivity index (χ0) is 11.6. The van der Waals surface area contributed by atoms with E-state index in [9.17, 15) is 14.0 Å². The fourth-order valence-electron chi connectivity index (χ4n) is 1.19. The number of carbonyl (C=O) groups excluding carboxylic acids is 2. The molecule has 80 valence electrons. The van der Waals surface area contributed by atoms with E-state index in [4.69, 9.17) is 11.6 Å². The van der Waals surface area contributed by atoms with E-state index in [1.807, 2.05) is 0 Å². The van der Waals surface area contributed by atoms with Gasteiger partial charge in [0.1, 0.15) is 11.6 Å². The summed E-state index contributed by atoms with van der Waals surface area (Å²) in [4.78, 5) is 22.2. The second-order valence-electron chi connectivity index (χ2n) is 3.38. The van der Waals surface area contributed by atoms with Crippen molar-refractivity contribution in [2.24, 2.45) is 0 Å². The third kappa shape index (κ3) is 2.86. The monoisotopic (exact) mass is 228 g/mol. The number of Topliss-reactive ketones (excluding diaryl/α,β-unsaturated/α-hetero) is 2. The summed E-state index contributed by atoms with van der Waals surface area (Å²) in [7, 11) is 0. The molecular formula is C11H10ClFO2. The molecule has 0 N–H and O–H groups in total. The summed E-state index contributed by atoms with van der Waals surface area (Å²) in [6.07, 6.45) is -0.280. The Morgan fingerprint density at radius 3 is 2.53 bits per heavy atom. The molecule has 1 aromatic carbocycles. The molecule has 1 rings (SSSR count). The highest BCUT2D eigenvalue weighted by Crippen LogP contribution is 2.20. The highest BCUT2D eigenvalue weighted by molar-refractivity contribution is 6.31. The maximum absolute atomic E-state index is 13.3. The minimum Gasteiger partial charge on any atom is -0.300 e. The fraction of sp³-hybridized carbons (Fsp3) is 0.273. The summed E-state index contributed by atoms with van der Waals surface area (Å²) < 4.78 is 13.3. The van der Waals surface area contributed by atoms with Crippen molar-refractivity contribution in [2.45, 2.75) is 20.3 Å². The number of benzene rings is 1. The smallest absolute Gasteiger partial charge is 0.173 e. The van der Waals surface area contributed by atoms with Gasteiger partial charge in [0, 0.05) is 5.02 Å². The quantitative estimate of drug-likeness (QED) is 0.589. The van der Waals surface area contributed by atoms with Gasteiger partial charge in [0.05, 0.1) is 12.0 Å². The van der Waals surface area contributed by atoms with Crippen LogP contribution >= 0.6 is 11.6 Å². The van der Waals surface area contributed by atoms with Crippen LogP contribution in [0.5, 0.6) is 0 Å². The largest absolute Gasteiger partial charge is 0.300 e. The van der Waals surface area contributed by atoms with Crippen LogP contribution in [-0.4, -0.2) is 11.6 Å². The molecule has 0 atom stereocenters. The molecule has 0 aliphatic carbocycles. The van der Waals surface area contributed by atoms with Gasteiger partial charge in [-0.25, -0.2) is 4.39 Å². The standard InChI is InChI=1S/C11H10ClFO2/c1-6-3-8(10(13)5-9(6)12)11(15)4-7(2)14/h3,5H,4H2,1-2H3. The zero-order valence-electron chi connectivity index (χ0n) is 8.43. The fourth-order valence-corrected chi connectivity index (χ4v) is 1.34. The first-order valence-corrected chi connectivity index (χ1v) is 4.78. The number of carbonyl (C=O) groups is 2. The van der Waals surface area contributed by atoms with Crippen LogP contribution < -0.4 is 0 Å². The first-order valence-electron chi connectivity index (χ1n) is 4.40. The topological polar surface area (TPSA) is 34.1 Å². The molecule has 0 unspecified atom stereocenters. The molecule has 0 aliphatic rings. The molecule has 15 heavy (non-hydrogen) atoms. The number of rotatable bonds is 3. The van der Waals surface area contributed by atoms with E-state index in [0.717, 1.165) is 6.07 Å². The molecule has 0 radical (unpaired) electrons. The van der Waals surface area contributed by atoms with E-state index >= 15 is 0 Å². The van der Waals surface area contributed by atoms with Crippen molar-refractivity contribution in [1.29, 1.82) is 0 Å². The lowest BCUT2D eigenvalue weighted by atomic mass is 10.0. The van der Waals surface area contributed by atoms with Gasteiger partial charge in [0.25, 0.3) is 0 Å². The van der Waals surface area contributed by atoms with Crippen LogP contribution in [0.2, 0.25) is 5.02 Å². The second kappa shape index (κ2) is 4.53. The Hall–Kier alpha value is -1.22. The first kappa shape index (κ1) is 11.9. The number of hydrogen-bond acceptors (Lipinski definition) is 2. The number of ketones is 2. The lowest BCUT2D eigenvalue weighted by Gasteiger charge is -2.04. The van der Waals surface area contributed by atoms with Crippen LogP contribution in [0.15, 0.2) is 12.1 Å². The number of halogens is 2. The molecule has 0 bridgehead atoms. The third-order valence-electron chi connectivity index (χ3n) is 1.96. The molecule has 0 amide bonds. The molecule has 0 aromatic heterocycles. The predicted molar refractivity (Wildman–Crippen MR) is 55.8 cm³/mol. The van der Waals surface area contributed by atoms with Gasteiger partial charge in [-0.3, -0.25) is 9.59 Å². The number of hydrogen-bond donors (Lipinski definition) is 0. The summed E-state index contributed by atoms with van der Waals surface area (Å²) in [5, 5.41) is 0.270. The van der Waals surface area contributed by atoms with Crippen LogP contribution in [0.4, 0.5) is 4.39 Å². The van der Waals surface area contributed by atoms with Gasteiger partial charge in [-0.2, -0.15) is 0 Å². The lowest BCUT2D eigenvalue weighted by Crippen LogP contribution is -2.07. The molecule has 4 heteroatoms. The molecule has 1 aromatic rings. The molecular weight excluding hydrogens is 219 g/mol. The Labute approximate surface area is 92.0 Å². The van der Waals surface area contributed by atoms with Crippen LogP contribution in [0.3, 0.4) is 0 Å². The summed E-state index contributed by atoms with van der Waals surface area (Å²) in [5.74, 6) is -1.48. The van der Waals surface area contributed by atoms with Gasteiger partial charge in [-0.1, -0.05) is 11.6 Å². The van der Waals surface area contributed by atoms with Crippen LogP contribution in [-0.2, 0) is 4.79 Å². The Kier molecular flexibility index (Phi) is 3.58. The van der Waals surface area contributed by atoms with E-state index in [0.29, 0.717) is 5.56 Å². The summed E-state index contributed by atoms with van der Waals surface area (Å²) in [6, 6.07) is 2.45. The van der Waals surface area contributed by atoms with Crippen molar-refractivity contribution in [1.82, 2.24) is 0 Å². The van der Waals surface area contributed by atoms with E-state index in [1.54, 1.807) is 6.92 Å². The highest BCUT2D eigenvalue weighted by atomic mass is 35.5. The summed E-state index contributed by atoms with van der Waals surface area (Å²) in [5.41, 5.74) is 0.539. The van der Waals surface area contributed by atoms with Crippen molar-refractivity contribution < 1.29 is 14.0 Å². The van der Waals surface area contributed by atoms with Crippen molar-refractivity contribution in [3.05, 3.63) is 34.1 Å². The average molecular weight is 229 g/mol. The van der Waals surface area contributed by atoms with Gasteiger partial charge in [-0.05, 0) is 31.5 Å². The summed E-state index contributed by atoms with van der Waals surface area (Å²) >= 11 is 5.68. The highest BCUT2D eigenvalue weighted by Gasteiger charge is 2.15. The molecule has 2 nitrogen and oxygen atoms in total. The molecule has 0 aliphatic heterocycles. The molecule has 0 saturated carbocycles. The SMILES string of the molecule is CC(=O)CC(=O)c1cc(C)c(Cl)cc1F. The lowest BCUT2D eigenvalue weighted by molar-refractivity contribution is -0.116. The first-order chi connectivity index (χ1) is 6.91. The maximum atomic E-state index is 13.3. The minimum atomic E-state index is -0.683. The Balaban J connectivity index is 3.09. The van der Waals surface area contributed by atoms with Crippen LogP contribution in [0.25, 0.3) is 0 Å². The minimum absolute atomic E-state index is 0.0768. The van der Waals surface area contributed by atoms with Gasteiger partial charge >= 0.3 is 0 Å². The Morgan fingerprint density at radius 1 is 1.40 bits per heavy atom. The maximum Gasteiger partial charge on any atom is 0.173 e. The van der Waals surface area contributed by atoms with Gasteiger partial charge < -0.3 is 0 Å². The molecule has 0 saturated heterocycles. The Bertz CT molecular complexity index is 427. The van der Waals surface area contributed by atoms with Crippen LogP contribution in [0, 0.1) is 12.7 Å². The predicted octanol–water partition coefficient (Wildman–Crippen LogP) is 2.95. The number of aryl methyl sites for hydroxylation is 1. The van der Waals surface area contributed by atoms with Gasteiger partial charge in [0.15, 0.2) is 5.78 Å². The van der Waals surface area contributed by atoms with Crippen molar-refractivity contribution in [2.75, 3.05) is 0 Å². The van der Waals surface area contributed by atoms with Crippen molar-refractivity contribution >= 4 is 23.2 Å². The van der Waals surface area contributed by atoms with E-state index in [-0.39, 0.29) is 22.8 Å². The summed E-state index contributed by atoms with van der Waals surface area (Å²) in [6.45, 7) is 2.96. The van der Waals surface area contributed by atoms with Crippen LogP contribution in [0.1, 0.15) is 29.3 Å².